The quantitative estimate of drug-likeness (QED) is 0.427. The molecule has 0 radical (unpaired) electrons. The zero-order chi connectivity index (χ0) is 5.98. The van der Waals surface area contributed by atoms with E-state index in [0.717, 1.165) is 24.6 Å². The summed E-state index contributed by atoms with van der Waals surface area (Å²) in [5, 5.41) is 0. The number of hydrogen-bond acceptors (Lipinski definition) is 2. The second kappa shape index (κ2) is 2.60. The third kappa shape index (κ3) is 1.56. The van der Waals surface area contributed by atoms with E-state index in [-0.39, 0.29) is 0 Å². The molecule has 0 aromatic carbocycles. The SMILES string of the molecule is [CH2-]N1CCS(=O)CC1. The highest BCUT2D eigenvalue weighted by Crippen LogP contribution is 1.95. The lowest BCUT2D eigenvalue weighted by molar-refractivity contribution is 0.405. The first kappa shape index (κ1) is 6.23. The van der Waals surface area contributed by atoms with Crippen LogP contribution in [-0.2, 0) is 10.8 Å². The van der Waals surface area contributed by atoms with Crippen molar-refractivity contribution in [2.24, 2.45) is 0 Å². The first-order valence-electron chi connectivity index (χ1n) is 2.69. The van der Waals surface area contributed by atoms with Crippen molar-refractivity contribution in [3.8, 4) is 0 Å². The number of nitrogens with zero attached hydrogens (tertiary/aromatic N) is 1. The van der Waals surface area contributed by atoms with Crippen molar-refractivity contribution in [3.05, 3.63) is 7.05 Å². The molecule has 0 aromatic rings. The molecule has 0 aromatic heterocycles. The summed E-state index contributed by atoms with van der Waals surface area (Å²) in [6.07, 6.45) is 0. The molecule has 0 bridgehead atoms. The van der Waals surface area contributed by atoms with Crippen LogP contribution in [-0.4, -0.2) is 33.7 Å². The molecule has 0 amide bonds. The summed E-state index contributed by atoms with van der Waals surface area (Å²) < 4.78 is 10.7. The van der Waals surface area contributed by atoms with E-state index in [1.54, 1.807) is 0 Å². The molecule has 1 aliphatic rings. The Bertz CT molecular complexity index is 94.6. The fraction of sp³-hybridized carbons (Fsp3) is 0.800. The van der Waals surface area contributed by atoms with Crippen molar-refractivity contribution in [3.63, 3.8) is 0 Å². The van der Waals surface area contributed by atoms with Crippen LogP contribution in [0.3, 0.4) is 0 Å². The molecule has 8 heavy (non-hydrogen) atoms. The summed E-state index contributed by atoms with van der Waals surface area (Å²) in [6.45, 7) is 1.79. The van der Waals surface area contributed by atoms with E-state index in [1.165, 1.54) is 0 Å². The fourth-order valence-electron chi connectivity index (χ4n) is 0.676. The highest BCUT2D eigenvalue weighted by Gasteiger charge is 2.05. The zero-order valence-corrected chi connectivity index (χ0v) is 5.62. The van der Waals surface area contributed by atoms with Crippen LogP contribution in [0.4, 0.5) is 0 Å². The molecule has 0 unspecified atom stereocenters. The van der Waals surface area contributed by atoms with Crippen molar-refractivity contribution in [2.75, 3.05) is 24.6 Å². The van der Waals surface area contributed by atoms with Crippen molar-refractivity contribution < 1.29 is 4.21 Å². The fourth-order valence-corrected chi connectivity index (χ4v) is 1.80. The van der Waals surface area contributed by atoms with Crippen molar-refractivity contribution in [2.45, 2.75) is 0 Å². The Kier molecular flexibility index (Phi) is 2.02. The minimum absolute atomic E-state index is 0.543. The van der Waals surface area contributed by atoms with Gasteiger partial charge in [0.25, 0.3) is 0 Å². The normalized spacial score (nSPS) is 26.1. The second-order valence-corrected chi connectivity index (χ2v) is 3.66. The molecule has 48 valence electrons. The molecular formula is C5H10NOS-. The lowest BCUT2D eigenvalue weighted by atomic mass is 10.6. The standard InChI is InChI=1S/C5H10NOS/c1-6-2-4-8(7)5-3-6/h1-5H2/q-1. The van der Waals surface area contributed by atoms with E-state index in [9.17, 15) is 4.21 Å². The van der Waals surface area contributed by atoms with Crippen LogP contribution >= 0.6 is 0 Å². The van der Waals surface area contributed by atoms with Crippen LogP contribution in [0.15, 0.2) is 0 Å². The predicted molar refractivity (Wildman–Crippen MR) is 34.8 cm³/mol. The smallest absolute Gasteiger partial charge is 0.0338 e. The molecule has 1 aliphatic heterocycles. The Hall–Kier alpha value is 0.110. The summed E-state index contributed by atoms with van der Waals surface area (Å²) in [7, 11) is 3.19. The van der Waals surface area contributed by atoms with Crippen LogP contribution in [0.5, 0.6) is 0 Å². The first-order chi connectivity index (χ1) is 3.79. The van der Waals surface area contributed by atoms with Crippen LogP contribution in [0.2, 0.25) is 0 Å². The lowest BCUT2D eigenvalue weighted by Gasteiger charge is -2.28. The Balaban J connectivity index is 2.29. The van der Waals surface area contributed by atoms with E-state index >= 15 is 0 Å². The van der Waals surface area contributed by atoms with Gasteiger partial charge in [-0.2, -0.15) is 0 Å². The second-order valence-electron chi connectivity index (χ2n) is 1.97. The minimum Gasteiger partial charge on any atom is -0.458 e. The van der Waals surface area contributed by atoms with Crippen molar-refractivity contribution in [1.82, 2.24) is 4.90 Å². The highest BCUT2D eigenvalue weighted by molar-refractivity contribution is 7.85. The molecule has 1 saturated heterocycles. The van der Waals surface area contributed by atoms with Crippen molar-refractivity contribution >= 4 is 10.8 Å². The maximum Gasteiger partial charge on any atom is 0.0338 e. The molecule has 0 atom stereocenters. The van der Waals surface area contributed by atoms with E-state index in [1.807, 2.05) is 4.90 Å². The Morgan fingerprint density at radius 2 is 1.88 bits per heavy atom. The van der Waals surface area contributed by atoms with E-state index in [0.29, 0.717) is 0 Å². The van der Waals surface area contributed by atoms with Gasteiger partial charge in [0.15, 0.2) is 0 Å². The maximum atomic E-state index is 10.7. The average Bonchev–Trinajstić information content (AvgIpc) is 1.77. The summed E-state index contributed by atoms with van der Waals surface area (Å²) in [5.74, 6) is 1.62. The van der Waals surface area contributed by atoms with Gasteiger partial charge in [0.1, 0.15) is 0 Å². The largest absolute Gasteiger partial charge is 0.458 e. The minimum atomic E-state index is -0.543. The van der Waals surface area contributed by atoms with Gasteiger partial charge in [-0.25, -0.2) is 0 Å². The van der Waals surface area contributed by atoms with Gasteiger partial charge in [0.2, 0.25) is 0 Å². The molecule has 0 N–H and O–H groups in total. The Morgan fingerprint density at radius 1 is 1.38 bits per heavy atom. The Labute approximate surface area is 52.3 Å². The Morgan fingerprint density at radius 3 is 2.25 bits per heavy atom. The number of hydrogen-bond donors (Lipinski definition) is 0. The summed E-state index contributed by atoms with van der Waals surface area (Å²) in [5.41, 5.74) is 0. The van der Waals surface area contributed by atoms with E-state index in [2.05, 4.69) is 7.05 Å². The maximum absolute atomic E-state index is 10.7. The van der Waals surface area contributed by atoms with Gasteiger partial charge >= 0.3 is 0 Å². The molecule has 2 nitrogen and oxygen atoms in total. The monoisotopic (exact) mass is 132 g/mol. The third-order valence-corrected chi connectivity index (χ3v) is 2.55. The number of rotatable bonds is 0. The van der Waals surface area contributed by atoms with Crippen LogP contribution in [0, 0.1) is 7.05 Å². The van der Waals surface area contributed by atoms with Crippen LogP contribution < -0.4 is 0 Å². The van der Waals surface area contributed by atoms with Crippen LogP contribution in [0.1, 0.15) is 0 Å². The summed E-state index contributed by atoms with van der Waals surface area (Å²) in [6, 6.07) is 0. The lowest BCUT2D eigenvalue weighted by Crippen LogP contribution is -2.32. The molecule has 0 saturated carbocycles. The average molecular weight is 132 g/mol. The summed E-state index contributed by atoms with van der Waals surface area (Å²) in [4.78, 5) is 1.96. The molecule has 3 heteroatoms. The molecule has 1 fully saturated rings. The van der Waals surface area contributed by atoms with Gasteiger partial charge in [-0.05, 0) is 13.1 Å². The van der Waals surface area contributed by atoms with Crippen LogP contribution in [0.25, 0.3) is 0 Å². The highest BCUT2D eigenvalue weighted by atomic mass is 32.2. The molecule has 0 spiro atoms. The molecular weight excluding hydrogens is 122 g/mol. The molecule has 1 heterocycles. The van der Waals surface area contributed by atoms with Gasteiger partial charge in [0, 0.05) is 22.3 Å². The van der Waals surface area contributed by atoms with Gasteiger partial charge in [0.05, 0.1) is 0 Å². The molecule has 1 rings (SSSR count). The predicted octanol–water partition coefficient (Wildman–Crippen LogP) is -0.158. The van der Waals surface area contributed by atoms with E-state index in [4.69, 9.17) is 0 Å². The van der Waals surface area contributed by atoms with Gasteiger partial charge in [-0.15, -0.1) is 0 Å². The zero-order valence-electron chi connectivity index (χ0n) is 4.80. The molecule has 0 aliphatic carbocycles. The van der Waals surface area contributed by atoms with E-state index < -0.39 is 10.8 Å². The summed E-state index contributed by atoms with van der Waals surface area (Å²) >= 11 is 0. The van der Waals surface area contributed by atoms with Gasteiger partial charge < -0.3 is 4.90 Å². The first-order valence-corrected chi connectivity index (χ1v) is 4.18. The topological polar surface area (TPSA) is 20.3 Å². The third-order valence-electron chi connectivity index (χ3n) is 1.27. The van der Waals surface area contributed by atoms with Gasteiger partial charge in [-0.3, -0.25) is 11.3 Å². The van der Waals surface area contributed by atoms with Gasteiger partial charge in [-0.1, -0.05) is 0 Å². The van der Waals surface area contributed by atoms with Crippen molar-refractivity contribution in [1.29, 1.82) is 0 Å².